The van der Waals surface area contributed by atoms with E-state index in [0.29, 0.717) is 24.4 Å². The van der Waals surface area contributed by atoms with Gasteiger partial charge in [0.25, 0.3) is 0 Å². The molecule has 5 nitrogen and oxygen atoms in total. The van der Waals surface area contributed by atoms with Crippen LogP contribution in [0.3, 0.4) is 0 Å². The Balaban J connectivity index is 1.66. The Morgan fingerprint density at radius 1 is 1.24 bits per heavy atom. The molecule has 0 aliphatic heterocycles. The average Bonchev–Trinajstić information content (AvgIpc) is 3.11. The topological polar surface area (TPSA) is 76.1 Å². The molecule has 0 radical (unpaired) electrons. The van der Waals surface area contributed by atoms with Crippen molar-refractivity contribution in [1.82, 2.24) is 4.98 Å². The second-order valence-electron chi connectivity index (χ2n) is 5.97. The summed E-state index contributed by atoms with van der Waals surface area (Å²) in [5, 5.41) is 2.40. The van der Waals surface area contributed by atoms with E-state index >= 15 is 0 Å². The lowest BCUT2D eigenvalue weighted by molar-refractivity contribution is -0.113. The van der Waals surface area contributed by atoms with Gasteiger partial charge in [-0.3, -0.25) is 9.78 Å². The van der Waals surface area contributed by atoms with Gasteiger partial charge in [-0.2, -0.15) is 0 Å². The summed E-state index contributed by atoms with van der Waals surface area (Å²) < 4.78 is 24.4. The number of carbonyl (C=O) groups excluding carboxylic acids is 1. The second kappa shape index (κ2) is 5.75. The van der Waals surface area contributed by atoms with Gasteiger partial charge in [0.05, 0.1) is 16.6 Å². The summed E-state index contributed by atoms with van der Waals surface area (Å²) in [6.45, 7) is 0. The van der Waals surface area contributed by atoms with E-state index in [-0.39, 0.29) is 5.25 Å². The highest BCUT2D eigenvalue weighted by Crippen LogP contribution is 2.42. The van der Waals surface area contributed by atoms with Crippen molar-refractivity contribution < 1.29 is 13.2 Å². The highest BCUT2D eigenvalue weighted by molar-refractivity contribution is 7.92. The third kappa shape index (κ3) is 3.43. The van der Waals surface area contributed by atoms with Crippen molar-refractivity contribution in [1.29, 1.82) is 0 Å². The zero-order chi connectivity index (χ0) is 14.9. The fourth-order valence-corrected chi connectivity index (χ4v) is 4.66. The summed E-state index contributed by atoms with van der Waals surface area (Å²) in [5.41, 5.74) is 1.54. The van der Waals surface area contributed by atoms with Gasteiger partial charge in [-0.05, 0) is 37.8 Å². The monoisotopic (exact) mass is 308 g/mol. The molecule has 1 amide bonds. The number of hydrogen-bond donors (Lipinski definition) is 1. The molecular formula is C15H20N2O3S. The van der Waals surface area contributed by atoms with E-state index < -0.39 is 21.5 Å². The van der Waals surface area contributed by atoms with Crippen molar-refractivity contribution in [3.63, 3.8) is 0 Å². The van der Waals surface area contributed by atoms with Crippen molar-refractivity contribution in [3.8, 4) is 0 Å². The number of nitrogens with zero attached hydrogens (tertiary/aromatic N) is 1. The molecule has 0 saturated heterocycles. The molecule has 0 aromatic carbocycles. The summed E-state index contributed by atoms with van der Waals surface area (Å²) >= 11 is 0. The minimum atomic E-state index is -3.33. The minimum Gasteiger partial charge on any atom is -0.324 e. The third-order valence-corrected chi connectivity index (χ3v) is 6.37. The molecule has 3 rings (SSSR count). The van der Waals surface area contributed by atoms with Crippen LogP contribution in [-0.4, -0.2) is 30.3 Å². The van der Waals surface area contributed by atoms with Gasteiger partial charge in [-0.1, -0.05) is 12.8 Å². The third-order valence-electron chi connectivity index (χ3n) is 4.22. The molecule has 114 valence electrons. The quantitative estimate of drug-likeness (QED) is 0.905. The number of hydrogen-bond acceptors (Lipinski definition) is 4. The number of anilines is 1. The molecule has 1 heterocycles. The molecule has 1 N–H and O–H groups in total. The van der Waals surface area contributed by atoms with Crippen molar-refractivity contribution in [2.75, 3.05) is 11.1 Å². The molecule has 0 unspecified atom stereocenters. The van der Waals surface area contributed by atoms with E-state index in [1.807, 2.05) is 0 Å². The fraction of sp³-hybridized carbons (Fsp3) is 0.600. The maximum absolute atomic E-state index is 12.2. The van der Waals surface area contributed by atoms with Crippen LogP contribution in [0.4, 0.5) is 5.69 Å². The first-order valence-electron chi connectivity index (χ1n) is 7.52. The molecule has 2 aliphatic carbocycles. The largest absolute Gasteiger partial charge is 0.324 e. The van der Waals surface area contributed by atoms with Crippen LogP contribution in [0.1, 0.15) is 50.1 Å². The normalized spacial score (nSPS) is 19.6. The van der Waals surface area contributed by atoms with Crippen molar-refractivity contribution >= 4 is 21.4 Å². The first-order chi connectivity index (χ1) is 10.1. The van der Waals surface area contributed by atoms with Gasteiger partial charge in [-0.15, -0.1) is 0 Å². The molecule has 1 aromatic heterocycles. The molecule has 0 spiro atoms. The number of aromatic nitrogens is 1. The summed E-state index contributed by atoms with van der Waals surface area (Å²) in [5.74, 6) is -0.457. The number of amides is 1. The maximum Gasteiger partial charge on any atom is 0.239 e. The van der Waals surface area contributed by atoms with Gasteiger partial charge in [0.1, 0.15) is 5.75 Å². The molecular weight excluding hydrogens is 288 g/mol. The summed E-state index contributed by atoms with van der Waals surface area (Å²) in [6.07, 6.45) is 7.14. The first-order valence-corrected chi connectivity index (χ1v) is 9.24. The number of pyridine rings is 1. The van der Waals surface area contributed by atoms with Gasteiger partial charge in [0.15, 0.2) is 9.84 Å². The summed E-state index contributed by atoms with van der Waals surface area (Å²) in [7, 11) is -3.33. The van der Waals surface area contributed by atoms with Crippen LogP contribution in [0.25, 0.3) is 0 Å². The van der Waals surface area contributed by atoms with Crippen LogP contribution in [0.15, 0.2) is 18.3 Å². The van der Waals surface area contributed by atoms with Crippen molar-refractivity contribution in [3.05, 3.63) is 24.0 Å². The smallest absolute Gasteiger partial charge is 0.239 e. The van der Waals surface area contributed by atoms with Gasteiger partial charge < -0.3 is 5.32 Å². The van der Waals surface area contributed by atoms with Gasteiger partial charge >= 0.3 is 0 Å². The molecule has 6 heteroatoms. The van der Waals surface area contributed by atoms with Gasteiger partial charge in [-0.25, -0.2) is 8.42 Å². The molecule has 0 atom stereocenters. The second-order valence-corrected chi connectivity index (χ2v) is 8.25. The highest BCUT2D eigenvalue weighted by atomic mass is 32.2. The summed E-state index contributed by atoms with van der Waals surface area (Å²) in [6, 6.07) is 3.55. The van der Waals surface area contributed by atoms with Crippen LogP contribution < -0.4 is 5.32 Å². The Morgan fingerprint density at radius 3 is 2.62 bits per heavy atom. The van der Waals surface area contributed by atoms with Gasteiger partial charge in [0.2, 0.25) is 5.91 Å². The van der Waals surface area contributed by atoms with Crippen LogP contribution in [0.5, 0.6) is 0 Å². The molecule has 21 heavy (non-hydrogen) atoms. The van der Waals surface area contributed by atoms with Crippen LogP contribution in [-0.2, 0) is 14.6 Å². The van der Waals surface area contributed by atoms with E-state index in [4.69, 9.17) is 0 Å². The molecule has 0 bridgehead atoms. The predicted octanol–water partition coefficient (Wildman–Crippen LogP) is 2.25. The summed E-state index contributed by atoms with van der Waals surface area (Å²) in [4.78, 5) is 16.4. The lowest BCUT2D eigenvalue weighted by atomic mass is 10.2. The Hall–Kier alpha value is -1.43. The minimum absolute atomic E-state index is 0.333. The zero-order valence-corrected chi connectivity index (χ0v) is 12.7. The Morgan fingerprint density at radius 2 is 1.95 bits per heavy atom. The molecule has 2 fully saturated rings. The maximum atomic E-state index is 12.2. The molecule has 2 aliphatic rings. The van der Waals surface area contributed by atoms with Crippen LogP contribution in [0, 0.1) is 0 Å². The lowest BCUT2D eigenvalue weighted by Crippen LogP contribution is -2.29. The molecule has 2 saturated carbocycles. The van der Waals surface area contributed by atoms with E-state index in [2.05, 4.69) is 10.3 Å². The SMILES string of the molecule is O=C(CS(=O)(=O)C1CCCC1)Nc1cccnc1C1CC1. The average molecular weight is 308 g/mol. The van der Waals surface area contributed by atoms with E-state index in [0.717, 1.165) is 31.4 Å². The number of rotatable bonds is 5. The van der Waals surface area contributed by atoms with Crippen molar-refractivity contribution in [2.45, 2.75) is 49.7 Å². The highest BCUT2D eigenvalue weighted by Gasteiger charge is 2.32. The van der Waals surface area contributed by atoms with Gasteiger partial charge in [0, 0.05) is 12.1 Å². The Labute approximate surface area is 125 Å². The number of carbonyl (C=O) groups is 1. The van der Waals surface area contributed by atoms with E-state index in [1.54, 1.807) is 18.3 Å². The van der Waals surface area contributed by atoms with Crippen LogP contribution >= 0.6 is 0 Å². The number of sulfone groups is 1. The Kier molecular flexibility index (Phi) is 3.97. The molecule has 1 aromatic rings. The standard InChI is InChI=1S/C15H20N2O3S/c18-14(10-21(19,20)12-4-1-2-5-12)17-13-6-3-9-16-15(13)11-7-8-11/h3,6,9,11-12H,1-2,4-5,7-8,10H2,(H,17,18). The first kappa shape index (κ1) is 14.5. The Bertz CT molecular complexity index is 632. The zero-order valence-electron chi connectivity index (χ0n) is 11.9. The van der Waals surface area contributed by atoms with Crippen LogP contribution in [0.2, 0.25) is 0 Å². The van der Waals surface area contributed by atoms with Crippen molar-refractivity contribution in [2.24, 2.45) is 0 Å². The lowest BCUT2D eigenvalue weighted by Gasteiger charge is -2.12. The van der Waals surface area contributed by atoms with E-state index in [9.17, 15) is 13.2 Å². The fourth-order valence-electron chi connectivity index (χ4n) is 2.94. The predicted molar refractivity (Wildman–Crippen MR) is 80.9 cm³/mol. The number of nitrogens with one attached hydrogen (secondary N) is 1. The van der Waals surface area contributed by atoms with E-state index in [1.165, 1.54) is 0 Å².